The van der Waals surface area contributed by atoms with E-state index < -0.39 is 0 Å². The molecule has 0 aliphatic carbocycles. The first kappa shape index (κ1) is 17.5. The Balaban J connectivity index is 2.12. The first-order valence-electron chi connectivity index (χ1n) is 6.24. The van der Waals surface area contributed by atoms with Crippen LogP contribution >= 0.6 is 55.1 Å². The molecule has 2 aromatic rings. The molecule has 0 aliphatic heterocycles. The molecule has 2 nitrogen and oxygen atoms in total. The topological polar surface area (TPSA) is 21.3 Å². The summed E-state index contributed by atoms with van der Waals surface area (Å²) in [6.45, 7) is 0.823. The minimum absolute atomic E-state index is 0.217. The Morgan fingerprint density at radius 1 is 1.14 bits per heavy atom. The van der Waals surface area contributed by atoms with Crippen LogP contribution in [0.25, 0.3) is 0 Å². The molecule has 2 aromatic carbocycles. The molecule has 22 heavy (non-hydrogen) atoms. The highest BCUT2D eigenvalue weighted by Crippen LogP contribution is 2.35. The van der Waals surface area contributed by atoms with Gasteiger partial charge in [0.25, 0.3) is 0 Å². The van der Waals surface area contributed by atoms with Crippen molar-refractivity contribution in [1.82, 2.24) is 0 Å². The van der Waals surface area contributed by atoms with E-state index in [9.17, 15) is 0 Å². The van der Waals surface area contributed by atoms with Crippen molar-refractivity contribution in [2.24, 2.45) is 0 Å². The molecule has 0 aromatic heterocycles. The lowest BCUT2D eigenvalue weighted by Gasteiger charge is -2.12. The molecule has 0 radical (unpaired) electrons. The molecule has 6 heteroatoms. The second-order valence-electron chi connectivity index (χ2n) is 4.36. The molecular formula is C16H11Br2Cl2NO. The number of benzene rings is 2. The SMILES string of the molecule is C#CCOc1c(Br)cc(CNc2ccc(Cl)cc2Cl)cc1Br. The normalized spacial score (nSPS) is 10.1. The molecule has 0 unspecified atom stereocenters. The Kier molecular flexibility index (Phi) is 6.46. The van der Waals surface area contributed by atoms with Crippen molar-refractivity contribution in [2.75, 3.05) is 11.9 Å². The van der Waals surface area contributed by atoms with Gasteiger partial charge < -0.3 is 10.1 Å². The molecule has 0 bridgehead atoms. The summed E-state index contributed by atoms with van der Waals surface area (Å²) in [5.74, 6) is 3.13. The number of nitrogens with one attached hydrogen (secondary N) is 1. The predicted molar refractivity (Wildman–Crippen MR) is 100.0 cm³/mol. The zero-order valence-electron chi connectivity index (χ0n) is 11.3. The average Bonchev–Trinajstić information content (AvgIpc) is 2.45. The summed E-state index contributed by atoms with van der Waals surface area (Å²) in [5, 5.41) is 4.46. The molecule has 114 valence electrons. The van der Waals surface area contributed by atoms with Gasteiger partial charge in [-0.3, -0.25) is 0 Å². The summed E-state index contributed by atoms with van der Waals surface area (Å²) in [4.78, 5) is 0. The maximum atomic E-state index is 6.14. The van der Waals surface area contributed by atoms with Gasteiger partial charge >= 0.3 is 0 Å². The number of ether oxygens (including phenoxy) is 1. The van der Waals surface area contributed by atoms with Gasteiger partial charge in [-0.05, 0) is 67.8 Å². The second-order valence-corrected chi connectivity index (χ2v) is 6.91. The fourth-order valence-electron chi connectivity index (χ4n) is 1.80. The molecule has 0 saturated heterocycles. The largest absolute Gasteiger partial charge is 0.479 e. The minimum Gasteiger partial charge on any atom is -0.479 e. The number of rotatable bonds is 5. The third-order valence-electron chi connectivity index (χ3n) is 2.77. The van der Waals surface area contributed by atoms with Crippen molar-refractivity contribution < 1.29 is 4.74 Å². The van der Waals surface area contributed by atoms with Gasteiger partial charge in [-0.2, -0.15) is 0 Å². The highest BCUT2D eigenvalue weighted by molar-refractivity contribution is 9.11. The zero-order chi connectivity index (χ0) is 16.1. The lowest BCUT2D eigenvalue weighted by molar-refractivity contribution is 0.365. The van der Waals surface area contributed by atoms with Gasteiger partial charge in [0, 0.05) is 11.6 Å². The number of halogens is 4. The third kappa shape index (κ3) is 4.57. The van der Waals surface area contributed by atoms with Gasteiger partial charge in [0.15, 0.2) is 0 Å². The summed E-state index contributed by atoms with van der Waals surface area (Å²) < 4.78 is 7.14. The van der Waals surface area contributed by atoms with Crippen LogP contribution in [0.2, 0.25) is 10.0 Å². The van der Waals surface area contributed by atoms with Gasteiger partial charge in [0.1, 0.15) is 12.4 Å². The molecule has 0 saturated carbocycles. The number of terminal acetylenes is 1. The molecule has 0 amide bonds. The predicted octanol–water partition coefficient (Wildman–Crippen LogP) is 6.14. The summed E-state index contributed by atoms with van der Waals surface area (Å²) in [6, 6.07) is 9.27. The fraction of sp³-hybridized carbons (Fsp3) is 0.125. The van der Waals surface area contributed by atoms with E-state index in [1.165, 1.54) is 0 Å². The minimum atomic E-state index is 0.217. The monoisotopic (exact) mass is 461 g/mol. The zero-order valence-corrected chi connectivity index (χ0v) is 16.0. The summed E-state index contributed by atoms with van der Waals surface area (Å²) in [7, 11) is 0. The van der Waals surface area contributed by atoms with Crippen LogP contribution in [0.1, 0.15) is 5.56 Å². The van der Waals surface area contributed by atoms with Crippen molar-refractivity contribution in [1.29, 1.82) is 0 Å². The number of anilines is 1. The quantitative estimate of drug-likeness (QED) is 0.537. The smallest absolute Gasteiger partial charge is 0.149 e. The molecule has 0 atom stereocenters. The molecule has 1 N–H and O–H groups in total. The maximum Gasteiger partial charge on any atom is 0.149 e. The van der Waals surface area contributed by atoms with Gasteiger partial charge in [-0.25, -0.2) is 0 Å². The van der Waals surface area contributed by atoms with E-state index in [0.29, 0.717) is 22.3 Å². The van der Waals surface area contributed by atoms with E-state index in [0.717, 1.165) is 20.2 Å². The molecule has 0 aliphatic rings. The first-order valence-corrected chi connectivity index (χ1v) is 8.58. The molecule has 0 spiro atoms. The Morgan fingerprint density at radius 2 is 1.82 bits per heavy atom. The lowest BCUT2D eigenvalue weighted by Crippen LogP contribution is -2.02. The molecule has 2 rings (SSSR count). The Bertz CT molecular complexity index is 706. The fourth-order valence-corrected chi connectivity index (χ4v) is 3.78. The summed E-state index contributed by atoms with van der Waals surface area (Å²) in [6.07, 6.45) is 5.21. The van der Waals surface area contributed by atoms with E-state index in [4.69, 9.17) is 34.4 Å². The number of hydrogen-bond donors (Lipinski definition) is 1. The molecule has 0 fully saturated rings. The van der Waals surface area contributed by atoms with Crippen molar-refractivity contribution in [2.45, 2.75) is 6.54 Å². The van der Waals surface area contributed by atoms with Crippen molar-refractivity contribution in [3.05, 3.63) is 54.9 Å². The van der Waals surface area contributed by atoms with Crippen LogP contribution in [0, 0.1) is 12.3 Å². The third-order valence-corrected chi connectivity index (χ3v) is 4.50. The van der Waals surface area contributed by atoms with Crippen LogP contribution in [0.3, 0.4) is 0 Å². The van der Waals surface area contributed by atoms with E-state index in [1.54, 1.807) is 12.1 Å². The van der Waals surface area contributed by atoms with Crippen molar-refractivity contribution in [3.8, 4) is 18.1 Å². The number of hydrogen-bond acceptors (Lipinski definition) is 2. The van der Waals surface area contributed by atoms with E-state index >= 15 is 0 Å². The van der Waals surface area contributed by atoms with Gasteiger partial charge in [-0.15, -0.1) is 6.42 Å². The van der Waals surface area contributed by atoms with Crippen LogP contribution in [-0.4, -0.2) is 6.61 Å². The van der Waals surface area contributed by atoms with E-state index in [-0.39, 0.29) is 6.61 Å². The average molecular weight is 464 g/mol. The molecular weight excluding hydrogens is 453 g/mol. The summed E-state index contributed by atoms with van der Waals surface area (Å²) >= 11 is 19.0. The van der Waals surface area contributed by atoms with Crippen molar-refractivity contribution in [3.63, 3.8) is 0 Å². The van der Waals surface area contributed by atoms with Crippen LogP contribution in [0.5, 0.6) is 5.75 Å². The van der Waals surface area contributed by atoms with Crippen molar-refractivity contribution >= 4 is 60.7 Å². The van der Waals surface area contributed by atoms with E-state index in [1.807, 2.05) is 18.2 Å². The van der Waals surface area contributed by atoms with Gasteiger partial charge in [0.05, 0.1) is 19.7 Å². The second kappa shape index (κ2) is 8.12. The highest BCUT2D eigenvalue weighted by Gasteiger charge is 2.09. The first-order chi connectivity index (χ1) is 10.5. The lowest BCUT2D eigenvalue weighted by atomic mass is 10.2. The van der Waals surface area contributed by atoms with Crippen LogP contribution < -0.4 is 10.1 Å². The molecule has 0 heterocycles. The summed E-state index contributed by atoms with van der Waals surface area (Å²) in [5.41, 5.74) is 1.88. The standard InChI is InChI=1S/C16H11Br2Cl2NO/c1-2-5-22-16-12(17)6-10(7-13(16)18)9-21-15-4-3-11(19)8-14(15)20/h1,3-4,6-8,21H,5,9H2. The Hall–Kier alpha value is -0.860. The Morgan fingerprint density at radius 3 is 2.41 bits per heavy atom. The van der Waals surface area contributed by atoms with Gasteiger partial charge in [0.2, 0.25) is 0 Å². The van der Waals surface area contributed by atoms with Crippen LogP contribution in [0.4, 0.5) is 5.69 Å². The van der Waals surface area contributed by atoms with Crippen LogP contribution in [0.15, 0.2) is 39.3 Å². The highest BCUT2D eigenvalue weighted by atomic mass is 79.9. The maximum absolute atomic E-state index is 6.14. The van der Waals surface area contributed by atoms with Gasteiger partial charge in [-0.1, -0.05) is 29.1 Å². The van der Waals surface area contributed by atoms with Crippen LogP contribution in [-0.2, 0) is 6.54 Å². The van der Waals surface area contributed by atoms with E-state index in [2.05, 4.69) is 43.1 Å². The Labute approximate surface area is 156 Å².